The molecule has 4 heteroatoms. The minimum atomic E-state index is -0.233. The number of rotatable bonds is 4. The quantitative estimate of drug-likeness (QED) is 0.815. The van der Waals surface area contributed by atoms with Crippen molar-refractivity contribution in [3.05, 3.63) is 0 Å². The molecule has 21 heavy (non-hydrogen) atoms. The molecular formula is C17H36F2N2. The Kier molecular flexibility index (Phi) is 13.3. The van der Waals surface area contributed by atoms with Crippen molar-refractivity contribution in [1.29, 1.82) is 0 Å². The Hall–Kier alpha value is -0.220. The highest BCUT2D eigenvalue weighted by molar-refractivity contribution is 4.79. The van der Waals surface area contributed by atoms with Gasteiger partial charge in [-0.2, -0.15) is 0 Å². The van der Waals surface area contributed by atoms with Gasteiger partial charge in [-0.3, -0.25) is 4.39 Å². The van der Waals surface area contributed by atoms with E-state index in [4.69, 9.17) is 5.73 Å². The third-order valence-electron chi connectivity index (χ3n) is 4.48. The van der Waals surface area contributed by atoms with Crippen molar-refractivity contribution >= 4 is 0 Å². The Balaban J connectivity index is 0.000000317. The summed E-state index contributed by atoms with van der Waals surface area (Å²) in [6, 6.07) is 1.11. The van der Waals surface area contributed by atoms with Gasteiger partial charge in [-0.1, -0.05) is 33.6 Å². The molecule has 2 saturated carbocycles. The molecule has 0 aromatic rings. The maximum absolute atomic E-state index is 11.7. The van der Waals surface area contributed by atoms with E-state index in [1.54, 1.807) is 6.92 Å². The third-order valence-corrected chi connectivity index (χ3v) is 4.48. The molecule has 0 heterocycles. The van der Waals surface area contributed by atoms with Crippen LogP contribution in [0.5, 0.6) is 0 Å². The van der Waals surface area contributed by atoms with Crippen LogP contribution in [0.15, 0.2) is 0 Å². The van der Waals surface area contributed by atoms with Crippen LogP contribution in [-0.4, -0.2) is 32.0 Å². The normalized spacial score (nSPS) is 31.1. The van der Waals surface area contributed by atoms with E-state index in [9.17, 15) is 8.78 Å². The highest BCUT2D eigenvalue weighted by atomic mass is 19.1. The van der Waals surface area contributed by atoms with Crippen LogP contribution in [0, 0.1) is 11.8 Å². The Labute approximate surface area is 130 Å². The Morgan fingerprint density at radius 2 is 1.52 bits per heavy atom. The molecule has 3 N–H and O–H groups in total. The second-order valence-electron chi connectivity index (χ2n) is 6.42. The fourth-order valence-corrected chi connectivity index (χ4v) is 2.86. The minimum absolute atomic E-state index is 0.181. The van der Waals surface area contributed by atoms with Crippen molar-refractivity contribution in [2.45, 2.75) is 77.8 Å². The van der Waals surface area contributed by atoms with Crippen LogP contribution in [0.2, 0.25) is 0 Å². The Morgan fingerprint density at radius 3 is 1.81 bits per heavy atom. The molecule has 0 aromatic carbocycles. The molecule has 2 aliphatic rings. The fraction of sp³-hybridized carbons (Fsp3) is 1.00. The lowest BCUT2D eigenvalue weighted by atomic mass is 10.1. The molecule has 0 amide bonds. The van der Waals surface area contributed by atoms with Crippen molar-refractivity contribution in [2.75, 3.05) is 19.9 Å². The van der Waals surface area contributed by atoms with Crippen LogP contribution in [0.4, 0.5) is 8.78 Å². The van der Waals surface area contributed by atoms with Crippen LogP contribution >= 0.6 is 0 Å². The summed E-state index contributed by atoms with van der Waals surface area (Å²) in [5, 5.41) is 3.21. The van der Waals surface area contributed by atoms with E-state index in [1.165, 1.54) is 38.5 Å². The monoisotopic (exact) mass is 306 g/mol. The van der Waals surface area contributed by atoms with Crippen molar-refractivity contribution in [3.63, 3.8) is 0 Å². The van der Waals surface area contributed by atoms with Crippen LogP contribution in [0.1, 0.15) is 65.7 Å². The summed E-state index contributed by atoms with van der Waals surface area (Å²) in [5.41, 5.74) is 5.68. The Morgan fingerprint density at radius 1 is 0.952 bits per heavy atom. The zero-order valence-electron chi connectivity index (χ0n) is 14.2. The lowest BCUT2D eigenvalue weighted by Gasteiger charge is -2.15. The Bertz CT molecular complexity index is 217. The first kappa shape index (κ1) is 20.8. The number of hydrogen-bond donors (Lipinski definition) is 2. The van der Waals surface area contributed by atoms with Gasteiger partial charge in [0, 0.05) is 18.6 Å². The number of nitrogens with two attached hydrogens (primary N) is 1. The summed E-state index contributed by atoms with van der Waals surface area (Å²) in [6.07, 6.45) is 8.46. The van der Waals surface area contributed by atoms with Gasteiger partial charge in [0.1, 0.15) is 6.67 Å². The van der Waals surface area contributed by atoms with E-state index in [0.29, 0.717) is 25.0 Å². The molecule has 0 spiro atoms. The average molecular weight is 306 g/mol. The van der Waals surface area contributed by atoms with E-state index in [-0.39, 0.29) is 13.3 Å². The van der Waals surface area contributed by atoms with Gasteiger partial charge in [0.2, 0.25) is 0 Å². The van der Waals surface area contributed by atoms with Gasteiger partial charge in [0.15, 0.2) is 0 Å². The van der Waals surface area contributed by atoms with E-state index in [0.717, 1.165) is 11.8 Å². The van der Waals surface area contributed by atoms with Crippen molar-refractivity contribution < 1.29 is 8.78 Å². The molecular weight excluding hydrogens is 270 g/mol. The van der Waals surface area contributed by atoms with Gasteiger partial charge in [-0.25, -0.2) is 4.39 Å². The predicted molar refractivity (Wildman–Crippen MR) is 88.0 cm³/mol. The molecule has 0 saturated heterocycles. The molecule has 2 rings (SSSR count). The molecule has 2 nitrogen and oxygen atoms in total. The average Bonchev–Trinajstić information content (AvgIpc) is 3.07. The highest BCUT2D eigenvalue weighted by Crippen LogP contribution is 2.24. The van der Waals surface area contributed by atoms with Gasteiger partial charge in [-0.15, -0.1) is 0 Å². The van der Waals surface area contributed by atoms with E-state index in [2.05, 4.69) is 19.2 Å². The summed E-state index contributed by atoms with van der Waals surface area (Å²) >= 11 is 0. The first-order chi connectivity index (χ1) is 10.1. The first-order valence-electron chi connectivity index (χ1n) is 8.67. The van der Waals surface area contributed by atoms with Gasteiger partial charge in [0.25, 0.3) is 0 Å². The van der Waals surface area contributed by atoms with Gasteiger partial charge >= 0.3 is 0 Å². The zero-order chi connectivity index (χ0) is 16.1. The molecule has 0 bridgehead atoms. The molecule has 2 aliphatic carbocycles. The third kappa shape index (κ3) is 10.2. The smallest absolute Gasteiger partial charge is 0.102 e. The first-order valence-corrected chi connectivity index (χ1v) is 8.67. The van der Waals surface area contributed by atoms with Gasteiger partial charge in [0.05, 0.1) is 6.67 Å². The number of halogens is 2. The van der Waals surface area contributed by atoms with Gasteiger partial charge in [-0.05, 0) is 43.9 Å². The summed E-state index contributed by atoms with van der Waals surface area (Å²) < 4.78 is 22.4. The predicted octanol–water partition coefficient (Wildman–Crippen LogP) is 4.23. The summed E-state index contributed by atoms with van der Waals surface area (Å²) in [6.45, 7) is 6.40. The van der Waals surface area contributed by atoms with Crippen molar-refractivity contribution in [2.24, 2.45) is 17.6 Å². The maximum atomic E-state index is 11.7. The number of nitrogens with one attached hydrogen (secondary N) is 1. The zero-order valence-corrected chi connectivity index (χ0v) is 14.2. The highest BCUT2D eigenvalue weighted by Gasteiger charge is 2.21. The topological polar surface area (TPSA) is 38.0 Å². The molecule has 128 valence electrons. The summed E-state index contributed by atoms with van der Waals surface area (Å²) in [4.78, 5) is 0. The SMILES string of the molecule is CCCF.C[C@H]1CCC[C@@H]1N.C[C@H]1CCC[C@@H]1NCCF. The lowest BCUT2D eigenvalue weighted by Crippen LogP contribution is -2.32. The van der Waals surface area contributed by atoms with Gasteiger partial charge < -0.3 is 11.1 Å². The molecule has 0 radical (unpaired) electrons. The minimum Gasteiger partial charge on any atom is -0.327 e. The number of hydrogen-bond acceptors (Lipinski definition) is 2. The van der Waals surface area contributed by atoms with E-state index >= 15 is 0 Å². The summed E-state index contributed by atoms with van der Waals surface area (Å²) in [5.74, 6) is 1.55. The fourth-order valence-electron chi connectivity index (χ4n) is 2.86. The lowest BCUT2D eigenvalue weighted by molar-refractivity contribution is 0.388. The van der Waals surface area contributed by atoms with Crippen LogP contribution in [-0.2, 0) is 0 Å². The van der Waals surface area contributed by atoms with E-state index < -0.39 is 0 Å². The summed E-state index contributed by atoms with van der Waals surface area (Å²) in [7, 11) is 0. The van der Waals surface area contributed by atoms with E-state index in [1.807, 2.05) is 0 Å². The second-order valence-corrected chi connectivity index (χ2v) is 6.42. The largest absolute Gasteiger partial charge is 0.327 e. The molecule has 0 aromatic heterocycles. The van der Waals surface area contributed by atoms with Crippen LogP contribution in [0.25, 0.3) is 0 Å². The maximum Gasteiger partial charge on any atom is 0.102 e. The van der Waals surface area contributed by atoms with Crippen LogP contribution < -0.4 is 11.1 Å². The molecule has 4 atom stereocenters. The molecule has 0 aliphatic heterocycles. The van der Waals surface area contributed by atoms with Crippen molar-refractivity contribution in [3.8, 4) is 0 Å². The number of alkyl halides is 2. The molecule has 0 unspecified atom stereocenters. The molecule has 2 fully saturated rings. The van der Waals surface area contributed by atoms with Crippen molar-refractivity contribution in [1.82, 2.24) is 5.32 Å². The second kappa shape index (κ2) is 13.4. The van der Waals surface area contributed by atoms with Crippen LogP contribution in [0.3, 0.4) is 0 Å². The standard InChI is InChI=1S/C8H16FN.C6H13N.C3H7F/c1-7-3-2-4-8(7)10-6-5-9;1-5-3-2-4-6(5)7;1-2-3-4/h7-8,10H,2-6H2,1H3;5-6H,2-4,7H2,1H3;2-3H2,1H3/t7-,8-;5-,6-;/m00./s1.